The lowest BCUT2D eigenvalue weighted by molar-refractivity contribution is -0.141. The molecular formula is C15H19ClF3N5O. The molecule has 1 unspecified atom stereocenters. The van der Waals surface area contributed by atoms with Crippen molar-refractivity contribution in [3.05, 3.63) is 34.4 Å². The topological polar surface area (TPSA) is 64.7 Å². The highest BCUT2D eigenvalue weighted by atomic mass is 35.5. The first-order valence-corrected chi connectivity index (χ1v) is 8.08. The van der Waals surface area contributed by atoms with Crippen LogP contribution in [0.15, 0.2) is 12.3 Å². The summed E-state index contributed by atoms with van der Waals surface area (Å²) < 4.78 is 40.6. The Morgan fingerprint density at radius 2 is 2.08 bits per heavy atom. The molecule has 0 aliphatic heterocycles. The molecule has 0 aliphatic rings. The Bertz CT molecular complexity index is 753. The molecule has 0 aromatic carbocycles. The molecule has 138 valence electrons. The molecule has 1 amide bonds. The number of hydrogen-bond donors (Lipinski definition) is 1. The molecule has 0 saturated heterocycles. The minimum atomic E-state index is -4.46. The van der Waals surface area contributed by atoms with Crippen LogP contribution in [-0.2, 0) is 17.5 Å². The quantitative estimate of drug-likeness (QED) is 0.786. The lowest BCUT2D eigenvalue weighted by Gasteiger charge is -2.14. The number of amides is 1. The number of nitrogens with one attached hydrogen (secondary N) is 1. The zero-order chi connectivity index (χ0) is 18.8. The molecule has 25 heavy (non-hydrogen) atoms. The smallest absolute Gasteiger partial charge is 0.354 e. The highest BCUT2D eigenvalue weighted by Gasteiger charge is 2.34. The number of halogens is 4. The molecule has 0 bridgehead atoms. The molecule has 1 atom stereocenters. The van der Waals surface area contributed by atoms with Gasteiger partial charge in [-0.15, -0.1) is 0 Å². The second-order valence-corrected chi connectivity index (χ2v) is 6.14. The summed E-state index contributed by atoms with van der Waals surface area (Å²) in [5.74, 6) is -0.240. The Balaban J connectivity index is 1.84. The summed E-state index contributed by atoms with van der Waals surface area (Å²) in [7, 11) is 0. The average molecular weight is 378 g/mol. The van der Waals surface area contributed by atoms with E-state index in [1.54, 1.807) is 20.8 Å². The number of nitrogens with zero attached hydrogens (tertiary/aromatic N) is 4. The van der Waals surface area contributed by atoms with E-state index in [1.807, 2.05) is 0 Å². The van der Waals surface area contributed by atoms with Gasteiger partial charge in [-0.25, -0.2) is 0 Å². The van der Waals surface area contributed by atoms with E-state index in [0.717, 1.165) is 6.07 Å². The molecule has 1 N–H and O–H groups in total. The summed E-state index contributed by atoms with van der Waals surface area (Å²) in [4.78, 5) is 12.1. The van der Waals surface area contributed by atoms with Gasteiger partial charge >= 0.3 is 6.18 Å². The van der Waals surface area contributed by atoms with Gasteiger partial charge in [-0.05, 0) is 33.3 Å². The third-order valence-electron chi connectivity index (χ3n) is 3.85. The van der Waals surface area contributed by atoms with E-state index in [1.165, 1.54) is 15.6 Å². The van der Waals surface area contributed by atoms with Crippen LogP contribution < -0.4 is 5.32 Å². The molecular weight excluding hydrogens is 359 g/mol. The number of carbonyl (C=O) groups excluding carboxylic acids is 1. The van der Waals surface area contributed by atoms with Crippen LogP contribution in [0.2, 0.25) is 5.02 Å². The minimum absolute atomic E-state index is 0.240. The highest BCUT2D eigenvalue weighted by Crippen LogP contribution is 2.28. The van der Waals surface area contributed by atoms with Crippen LogP contribution in [0, 0.1) is 13.8 Å². The fourth-order valence-corrected chi connectivity index (χ4v) is 2.50. The van der Waals surface area contributed by atoms with E-state index >= 15 is 0 Å². The summed E-state index contributed by atoms with van der Waals surface area (Å²) in [5.41, 5.74) is 0.207. The Kier molecular flexibility index (Phi) is 5.76. The first kappa shape index (κ1) is 19.3. The molecule has 0 radical (unpaired) electrons. The third kappa shape index (κ3) is 4.53. The second-order valence-electron chi connectivity index (χ2n) is 5.73. The van der Waals surface area contributed by atoms with Gasteiger partial charge in [-0.3, -0.25) is 14.2 Å². The number of hydrogen-bond acceptors (Lipinski definition) is 3. The van der Waals surface area contributed by atoms with Crippen molar-refractivity contribution in [2.24, 2.45) is 0 Å². The van der Waals surface area contributed by atoms with Crippen LogP contribution in [0.25, 0.3) is 0 Å². The Morgan fingerprint density at radius 3 is 2.60 bits per heavy atom. The van der Waals surface area contributed by atoms with Crippen molar-refractivity contribution in [2.45, 2.75) is 46.0 Å². The van der Waals surface area contributed by atoms with Crippen LogP contribution in [-0.4, -0.2) is 32.0 Å². The van der Waals surface area contributed by atoms with Gasteiger partial charge in [0.15, 0.2) is 5.69 Å². The van der Waals surface area contributed by atoms with Crippen LogP contribution in [0.5, 0.6) is 0 Å². The van der Waals surface area contributed by atoms with Gasteiger partial charge in [0.1, 0.15) is 6.04 Å². The summed E-state index contributed by atoms with van der Waals surface area (Å²) >= 11 is 5.92. The van der Waals surface area contributed by atoms with Crippen LogP contribution in [0.4, 0.5) is 13.2 Å². The number of alkyl halides is 3. The monoisotopic (exact) mass is 377 g/mol. The number of carbonyl (C=O) groups is 1. The van der Waals surface area contributed by atoms with E-state index < -0.39 is 17.9 Å². The molecule has 2 aromatic rings. The molecule has 0 aliphatic carbocycles. The fourth-order valence-electron chi connectivity index (χ4n) is 2.37. The molecule has 2 heterocycles. The van der Waals surface area contributed by atoms with E-state index in [4.69, 9.17) is 11.6 Å². The third-order valence-corrected chi connectivity index (χ3v) is 4.22. The van der Waals surface area contributed by atoms with Gasteiger partial charge in [-0.1, -0.05) is 11.6 Å². The fraction of sp³-hybridized carbons (Fsp3) is 0.533. The van der Waals surface area contributed by atoms with E-state index in [-0.39, 0.29) is 12.5 Å². The standard InChI is InChI=1S/C15H19ClF3N5O/c1-9-7-13(15(17,18)19)22-23(9)6-4-5-20-14(25)11(3)24-10(2)12(16)8-21-24/h7-8,11H,4-6H2,1-3H3,(H,20,25). The summed E-state index contributed by atoms with van der Waals surface area (Å²) in [6.45, 7) is 5.62. The second kappa shape index (κ2) is 7.47. The molecule has 10 heteroatoms. The first-order chi connectivity index (χ1) is 11.6. The lowest BCUT2D eigenvalue weighted by atomic mass is 10.3. The summed E-state index contributed by atoms with van der Waals surface area (Å²) in [6, 6.07) is 0.473. The van der Waals surface area contributed by atoms with Crippen molar-refractivity contribution in [1.82, 2.24) is 24.9 Å². The Hall–Kier alpha value is -2.03. The highest BCUT2D eigenvalue weighted by molar-refractivity contribution is 6.31. The maximum atomic E-state index is 12.6. The van der Waals surface area contributed by atoms with Gasteiger partial charge in [0, 0.05) is 18.8 Å². The van der Waals surface area contributed by atoms with E-state index in [0.29, 0.717) is 29.4 Å². The lowest BCUT2D eigenvalue weighted by Crippen LogP contribution is -2.33. The average Bonchev–Trinajstić information content (AvgIpc) is 3.06. The molecule has 6 nitrogen and oxygen atoms in total. The molecule has 0 fully saturated rings. The summed E-state index contributed by atoms with van der Waals surface area (Å²) in [5, 5.41) is 10.8. The van der Waals surface area contributed by atoms with Crippen molar-refractivity contribution in [2.75, 3.05) is 6.54 Å². The number of aryl methyl sites for hydroxylation is 2. The van der Waals surface area contributed by atoms with Crippen molar-refractivity contribution in [3.63, 3.8) is 0 Å². The van der Waals surface area contributed by atoms with Crippen molar-refractivity contribution < 1.29 is 18.0 Å². The van der Waals surface area contributed by atoms with Crippen molar-refractivity contribution in [1.29, 1.82) is 0 Å². The molecule has 0 spiro atoms. The van der Waals surface area contributed by atoms with Gasteiger partial charge < -0.3 is 5.32 Å². The zero-order valence-corrected chi connectivity index (χ0v) is 14.8. The van der Waals surface area contributed by atoms with E-state index in [9.17, 15) is 18.0 Å². The largest absolute Gasteiger partial charge is 0.435 e. The number of aromatic nitrogens is 4. The van der Waals surface area contributed by atoms with Crippen LogP contribution in [0.3, 0.4) is 0 Å². The Labute approximate surface area is 147 Å². The van der Waals surface area contributed by atoms with Crippen LogP contribution >= 0.6 is 11.6 Å². The van der Waals surface area contributed by atoms with E-state index in [2.05, 4.69) is 15.5 Å². The van der Waals surface area contributed by atoms with Gasteiger partial charge in [0.05, 0.1) is 16.9 Å². The van der Waals surface area contributed by atoms with Gasteiger partial charge in [-0.2, -0.15) is 23.4 Å². The van der Waals surface area contributed by atoms with Gasteiger partial charge in [0.25, 0.3) is 0 Å². The molecule has 2 rings (SSSR count). The van der Waals surface area contributed by atoms with Crippen molar-refractivity contribution in [3.8, 4) is 0 Å². The minimum Gasteiger partial charge on any atom is -0.354 e. The maximum Gasteiger partial charge on any atom is 0.435 e. The van der Waals surface area contributed by atoms with Crippen LogP contribution in [0.1, 0.15) is 36.5 Å². The molecule has 0 saturated carbocycles. The van der Waals surface area contributed by atoms with Gasteiger partial charge in [0.2, 0.25) is 5.91 Å². The predicted octanol–water partition coefficient (Wildman–Crippen LogP) is 3.14. The number of rotatable bonds is 6. The predicted molar refractivity (Wildman–Crippen MR) is 86.3 cm³/mol. The SMILES string of the molecule is Cc1cc(C(F)(F)F)nn1CCCNC(=O)C(C)n1ncc(Cl)c1C. The molecule has 2 aromatic heterocycles. The van der Waals surface area contributed by atoms with Crippen molar-refractivity contribution >= 4 is 17.5 Å². The first-order valence-electron chi connectivity index (χ1n) is 7.70. The normalized spacial score (nSPS) is 13.1. The zero-order valence-electron chi connectivity index (χ0n) is 14.1. The maximum absolute atomic E-state index is 12.6. The Morgan fingerprint density at radius 1 is 1.40 bits per heavy atom. The summed E-state index contributed by atoms with van der Waals surface area (Å²) in [6.07, 6.45) is -2.53.